The van der Waals surface area contributed by atoms with Gasteiger partial charge in [-0.1, -0.05) is 36.8 Å². The van der Waals surface area contributed by atoms with Gasteiger partial charge < -0.3 is 4.74 Å². The van der Waals surface area contributed by atoms with Gasteiger partial charge in [0.15, 0.2) is 5.78 Å². The van der Waals surface area contributed by atoms with Crippen LogP contribution in [0.1, 0.15) is 75.5 Å². The van der Waals surface area contributed by atoms with Crippen LogP contribution in [0.3, 0.4) is 0 Å². The van der Waals surface area contributed by atoms with Crippen LogP contribution in [0, 0.1) is 20.8 Å². The Morgan fingerprint density at radius 2 is 1.90 bits per heavy atom. The highest BCUT2D eigenvalue weighted by molar-refractivity contribution is 6.11. The van der Waals surface area contributed by atoms with E-state index in [1.165, 1.54) is 22.3 Å². The van der Waals surface area contributed by atoms with Gasteiger partial charge in [0.05, 0.1) is 6.20 Å². The maximum atomic E-state index is 13.6. The fourth-order valence-corrected chi connectivity index (χ4v) is 4.62. The largest absolute Gasteiger partial charge is 0.472 e. The van der Waals surface area contributed by atoms with Crippen molar-refractivity contribution >= 4 is 5.78 Å². The van der Waals surface area contributed by atoms with E-state index in [-0.39, 0.29) is 5.78 Å². The summed E-state index contributed by atoms with van der Waals surface area (Å²) < 4.78 is 7.89. The van der Waals surface area contributed by atoms with Crippen molar-refractivity contribution in [3.63, 3.8) is 0 Å². The van der Waals surface area contributed by atoms with E-state index in [0.717, 1.165) is 29.5 Å². The number of benzene rings is 2. The summed E-state index contributed by atoms with van der Waals surface area (Å²) in [4.78, 5) is 13.6. The zero-order chi connectivity index (χ0) is 21.4. The molecule has 0 fully saturated rings. The van der Waals surface area contributed by atoms with Gasteiger partial charge in [0.25, 0.3) is 0 Å². The Hall–Kier alpha value is -2.88. The number of rotatable bonds is 6. The lowest BCUT2D eigenvalue weighted by Gasteiger charge is -2.16. The summed E-state index contributed by atoms with van der Waals surface area (Å²) >= 11 is 0. The molecule has 1 atom stereocenters. The molecule has 1 unspecified atom stereocenters. The molecule has 4 nitrogen and oxygen atoms in total. The first-order valence-electron chi connectivity index (χ1n) is 10.8. The topological polar surface area (TPSA) is 44.1 Å². The Kier molecular flexibility index (Phi) is 5.50. The molecule has 30 heavy (non-hydrogen) atoms. The number of hydrogen-bond donors (Lipinski definition) is 0. The molecule has 0 saturated carbocycles. The fraction of sp³-hybridized carbons (Fsp3) is 0.385. The first-order valence-corrected chi connectivity index (χ1v) is 10.8. The van der Waals surface area contributed by atoms with E-state index in [9.17, 15) is 4.79 Å². The van der Waals surface area contributed by atoms with Crippen LogP contribution in [0.5, 0.6) is 5.88 Å². The third kappa shape index (κ3) is 3.55. The van der Waals surface area contributed by atoms with E-state index >= 15 is 0 Å². The Balaban J connectivity index is 1.69. The molecule has 0 amide bonds. The van der Waals surface area contributed by atoms with Gasteiger partial charge in [0.2, 0.25) is 5.88 Å². The first-order chi connectivity index (χ1) is 14.4. The highest BCUT2D eigenvalue weighted by Gasteiger charge is 2.28. The quantitative estimate of drug-likeness (QED) is 0.498. The zero-order valence-corrected chi connectivity index (χ0v) is 18.6. The molecule has 0 N–H and O–H groups in total. The molecule has 2 aromatic carbocycles. The van der Waals surface area contributed by atoms with Gasteiger partial charge in [0, 0.05) is 12.1 Å². The number of aromatic nitrogens is 2. The number of ether oxygens (including phenoxy) is 1. The molecule has 0 bridgehead atoms. The van der Waals surface area contributed by atoms with Gasteiger partial charge in [0.1, 0.15) is 12.2 Å². The minimum atomic E-state index is -0.00361. The Morgan fingerprint density at radius 3 is 2.60 bits per heavy atom. The molecule has 1 aliphatic carbocycles. The molecule has 0 spiro atoms. The highest BCUT2D eigenvalue weighted by Crippen LogP contribution is 2.39. The molecule has 0 saturated heterocycles. The van der Waals surface area contributed by atoms with Crippen molar-refractivity contribution in [2.24, 2.45) is 0 Å². The lowest BCUT2D eigenvalue weighted by molar-refractivity contribution is 0.103. The van der Waals surface area contributed by atoms with E-state index in [1.807, 2.05) is 6.92 Å². The van der Waals surface area contributed by atoms with Crippen molar-refractivity contribution < 1.29 is 9.53 Å². The van der Waals surface area contributed by atoms with Crippen LogP contribution in [-0.4, -0.2) is 15.6 Å². The van der Waals surface area contributed by atoms with Gasteiger partial charge in [-0.25, -0.2) is 4.68 Å². The first kappa shape index (κ1) is 20.4. The third-order valence-corrected chi connectivity index (χ3v) is 6.37. The predicted molar refractivity (Wildman–Crippen MR) is 119 cm³/mol. The van der Waals surface area contributed by atoms with Crippen molar-refractivity contribution in [2.75, 3.05) is 0 Å². The van der Waals surface area contributed by atoms with Crippen molar-refractivity contribution in [3.8, 4) is 5.88 Å². The molecule has 4 heteroatoms. The Bertz CT molecular complexity index is 1090. The summed E-state index contributed by atoms with van der Waals surface area (Å²) in [5, 5.41) is 4.42. The van der Waals surface area contributed by atoms with E-state index in [2.05, 4.69) is 63.1 Å². The number of carbonyl (C=O) groups excluding carboxylic acids is 1. The molecule has 0 aliphatic heterocycles. The number of nitrogens with zero attached hydrogens (tertiary/aromatic N) is 2. The van der Waals surface area contributed by atoms with Crippen molar-refractivity contribution in [1.29, 1.82) is 0 Å². The summed E-state index contributed by atoms with van der Waals surface area (Å²) in [7, 11) is 0. The minimum absolute atomic E-state index is 0.00361. The van der Waals surface area contributed by atoms with Crippen LogP contribution in [0.15, 0.2) is 36.5 Å². The molecule has 156 valence electrons. The normalized spacial score (nSPS) is 15.3. The van der Waals surface area contributed by atoms with Crippen LogP contribution in [0.2, 0.25) is 0 Å². The van der Waals surface area contributed by atoms with Crippen molar-refractivity contribution in [1.82, 2.24) is 9.78 Å². The summed E-state index contributed by atoms with van der Waals surface area (Å²) in [5.41, 5.74) is 8.71. The van der Waals surface area contributed by atoms with Crippen molar-refractivity contribution in [3.05, 3.63) is 81.0 Å². The lowest BCUT2D eigenvalue weighted by Crippen LogP contribution is -2.11. The molecule has 0 radical (unpaired) electrons. The van der Waals surface area contributed by atoms with Crippen LogP contribution < -0.4 is 4.74 Å². The monoisotopic (exact) mass is 402 g/mol. The van der Waals surface area contributed by atoms with Crippen LogP contribution in [-0.2, 0) is 19.6 Å². The maximum Gasteiger partial charge on any atom is 0.223 e. The molecule has 4 rings (SSSR count). The smallest absolute Gasteiger partial charge is 0.223 e. The number of hydrogen-bond acceptors (Lipinski definition) is 3. The van der Waals surface area contributed by atoms with Crippen LogP contribution in [0.25, 0.3) is 0 Å². The molecular formula is C26H30N2O2. The van der Waals surface area contributed by atoms with E-state index in [0.29, 0.717) is 30.5 Å². The summed E-state index contributed by atoms with van der Waals surface area (Å²) in [6.07, 6.45) is 3.92. The highest BCUT2D eigenvalue weighted by atomic mass is 16.5. The fourth-order valence-electron chi connectivity index (χ4n) is 4.62. The maximum absolute atomic E-state index is 13.6. The van der Waals surface area contributed by atoms with Gasteiger partial charge in [-0.3, -0.25) is 4.79 Å². The second-order valence-corrected chi connectivity index (χ2v) is 8.48. The Morgan fingerprint density at radius 1 is 1.17 bits per heavy atom. The number of ketones is 1. The molecule has 3 aromatic rings. The lowest BCUT2D eigenvalue weighted by atomic mass is 9.88. The third-order valence-electron chi connectivity index (χ3n) is 6.37. The number of carbonyl (C=O) groups is 1. The number of aryl methyl sites for hydroxylation is 3. The molecular weight excluding hydrogens is 372 g/mol. The Labute approximate surface area is 178 Å². The van der Waals surface area contributed by atoms with Gasteiger partial charge in [-0.15, -0.1) is 0 Å². The van der Waals surface area contributed by atoms with E-state index in [1.54, 1.807) is 10.9 Å². The standard InChI is InChI=1S/C26H30N2O2/c1-6-28-26(30-15-20-10-7-16(2)8-11-20)23(14-27-28)25(29)22-13-18(4)21-12-9-17(3)24(21)19(22)5/h7-8,10-11,13-14,17H,6,9,12,15H2,1-5H3. The van der Waals surface area contributed by atoms with Crippen molar-refractivity contribution in [2.45, 2.75) is 66.5 Å². The summed E-state index contributed by atoms with van der Waals surface area (Å²) in [6.45, 7) is 11.6. The SMILES string of the molecule is CCn1ncc(C(=O)c2cc(C)c3c(c2C)C(C)CC3)c1OCc1ccc(C)cc1. The van der Waals surface area contributed by atoms with Gasteiger partial charge in [-0.05, 0) is 80.3 Å². The summed E-state index contributed by atoms with van der Waals surface area (Å²) in [6, 6.07) is 10.3. The molecule has 1 aliphatic rings. The number of fused-ring (bicyclic) bond motifs is 1. The summed E-state index contributed by atoms with van der Waals surface area (Å²) in [5.74, 6) is 1.05. The second-order valence-electron chi connectivity index (χ2n) is 8.48. The van der Waals surface area contributed by atoms with Crippen LogP contribution >= 0.6 is 0 Å². The van der Waals surface area contributed by atoms with E-state index in [4.69, 9.17) is 4.74 Å². The van der Waals surface area contributed by atoms with Gasteiger partial charge >= 0.3 is 0 Å². The van der Waals surface area contributed by atoms with E-state index < -0.39 is 0 Å². The average molecular weight is 403 g/mol. The predicted octanol–water partition coefficient (Wildman–Crippen LogP) is 5.69. The zero-order valence-electron chi connectivity index (χ0n) is 18.6. The minimum Gasteiger partial charge on any atom is -0.472 e. The van der Waals surface area contributed by atoms with Gasteiger partial charge in [-0.2, -0.15) is 5.10 Å². The van der Waals surface area contributed by atoms with Crippen LogP contribution in [0.4, 0.5) is 0 Å². The molecule has 1 aromatic heterocycles. The molecule has 1 heterocycles. The second kappa shape index (κ2) is 8.10. The average Bonchev–Trinajstić information content (AvgIpc) is 3.33.